The van der Waals surface area contributed by atoms with Crippen LogP contribution in [0, 0.1) is 11.8 Å². The van der Waals surface area contributed by atoms with Gasteiger partial charge in [-0.1, -0.05) is 68.1 Å². The minimum absolute atomic E-state index is 0.150. The lowest BCUT2D eigenvalue weighted by molar-refractivity contribution is -0.111. The molecule has 4 nitrogen and oxygen atoms in total. The van der Waals surface area contributed by atoms with Gasteiger partial charge in [-0.2, -0.15) is 0 Å². The number of nitrogens with zero attached hydrogens (tertiary/aromatic N) is 1. The van der Waals surface area contributed by atoms with Crippen LogP contribution in [0.5, 0.6) is 0 Å². The maximum atomic E-state index is 13.0. The first kappa shape index (κ1) is 25.8. The maximum absolute atomic E-state index is 13.0. The van der Waals surface area contributed by atoms with Crippen LogP contribution in [0.3, 0.4) is 0 Å². The van der Waals surface area contributed by atoms with Crippen molar-refractivity contribution in [1.82, 2.24) is 4.90 Å². The summed E-state index contributed by atoms with van der Waals surface area (Å²) in [5.41, 5.74) is 4.13. The van der Waals surface area contributed by atoms with Crippen LogP contribution in [0.2, 0.25) is 0 Å². The lowest BCUT2D eigenvalue weighted by atomic mass is 9.88. The van der Waals surface area contributed by atoms with E-state index in [1.807, 2.05) is 30.4 Å². The van der Waals surface area contributed by atoms with Gasteiger partial charge >= 0.3 is 0 Å². The molecule has 0 bridgehead atoms. The minimum Gasteiger partial charge on any atom is -0.393 e. The van der Waals surface area contributed by atoms with E-state index in [9.17, 15) is 9.90 Å². The molecular weight excluding hydrogens is 456 g/mol. The van der Waals surface area contributed by atoms with E-state index in [0.29, 0.717) is 12.3 Å². The fourth-order valence-corrected chi connectivity index (χ4v) is 5.85. The first-order chi connectivity index (χ1) is 16.9. The fraction of sp³-hybridized carbons (Fsp3) is 0.500. The first-order valence-electron chi connectivity index (χ1n) is 13.2. The van der Waals surface area contributed by atoms with E-state index in [2.05, 4.69) is 42.3 Å². The number of hydrogen-bond donors (Lipinski definition) is 2. The zero-order valence-electron chi connectivity index (χ0n) is 21.1. The SMILES string of the molecule is CC1C=C(Cl)/C=C\C(C)N(CC2CCCCC2)C(/C=C/C(=O)Nc2cccc3c2C[C@@H](O)CC3)=C\1. The summed E-state index contributed by atoms with van der Waals surface area (Å²) in [5, 5.41) is 13.9. The van der Waals surface area contributed by atoms with Crippen LogP contribution in [-0.4, -0.2) is 34.6 Å². The van der Waals surface area contributed by atoms with E-state index in [1.54, 1.807) is 6.08 Å². The fourth-order valence-electron chi connectivity index (χ4n) is 5.58. The summed E-state index contributed by atoms with van der Waals surface area (Å²) in [5.74, 6) is 0.671. The number of carbonyl (C=O) groups excluding carboxylic acids is 1. The highest BCUT2D eigenvalue weighted by molar-refractivity contribution is 6.31. The minimum atomic E-state index is -0.343. The van der Waals surface area contributed by atoms with Crippen molar-refractivity contribution in [2.24, 2.45) is 11.8 Å². The molecule has 1 aliphatic heterocycles. The van der Waals surface area contributed by atoms with Crippen molar-refractivity contribution >= 4 is 23.2 Å². The largest absolute Gasteiger partial charge is 0.393 e. The standard InChI is InChI=1S/C30H39ClN2O2/c1-21-17-25(31)13-11-22(2)33(20-23-7-4-3-5-8-23)26(18-21)14-16-30(35)32-29-10-6-9-24-12-15-27(34)19-28(24)29/h6,9-11,13-14,16-18,21-23,27,34H,3-5,7-8,12,15,19-20H2,1-2H3,(H,32,35)/b13-11-,16-14+,25-17?,26-18-/t21?,22?,27-/m0/s1. The van der Waals surface area contributed by atoms with Gasteiger partial charge in [0.15, 0.2) is 0 Å². The summed E-state index contributed by atoms with van der Waals surface area (Å²) in [4.78, 5) is 15.4. The molecule has 3 atom stereocenters. The highest BCUT2D eigenvalue weighted by Crippen LogP contribution is 2.30. The van der Waals surface area contributed by atoms with E-state index < -0.39 is 0 Å². The van der Waals surface area contributed by atoms with Crippen LogP contribution in [0.25, 0.3) is 0 Å². The Hall–Kier alpha value is -2.30. The Labute approximate surface area is 215 Å². The average molecular weight is 495 g/mol. The van der Waals surface area contributed by atoms with Gasteiger partial charge in [-0.15, -0.1) is 0 Å². The Morgan fingerprint density at radius 2 is 1.97 bits per heavy atom. The van der Waals surface area contributed by atoms with E-state index in [1.165, 1.54) is 37.7 Å². The molecule has 1 amide bonds. The zero-order chi connectivity index (χ0) is 24.8. The lowest BCUT2D eigenvalue weighted by Crippen LogP contribution is -2.36. The van der Waals surface area contributed by atoms with E-state index in [0.717, 1.165) is 41.4 Å². The molecule has 35 heavy (non-hydrogen) atoms. The van der Waals surface area contributed by atoms with Gasteiger partial charge in [0.25, 0.3) is 0 Å². The zero-order valence-corrected chi connectivity index (χ0v) is 21.8. The maximum Gasteiger partial charge on any atom is 0.248 e. The van der Waals surface area contributed by atoms with E-state index in [-0.39, 0.29) is 24.0 Å². The predicted molar refractivity (Wildman–Crippen MR) is 145 cm³/mol. The van der Waals surface area contributed by atoms with Gasteiger partial charge in [0.1, 0.15) is 0 Å². The summed E-state index contributed by atoms with van der Waals surface area (Å²) < 4.78 is 0. The number of nitrogens with one attached hydrogen (secondary N) is 1. The number of carbonyl (C=O) groups is 1. The summed E-state index contributed by atoms with van der Waals surface area (Å²) >= 11 is 6.43. The van der Waals surface area contributed by atoms with E-state index in [4.69, 9.17) is 11.6 Å². The summed E-state index contributed by atoms with van der Waals surface area (Å²) in [7, 11) is 0. The van der Waals surface area contributed by atoms with Crippen molar-refractivity contribution in [1.29, 1.82) is 0 Å². The van der Waals surface area contributed by atoms with E-state index >= 15 is 0 Å². The Morgan fingerprint density at radius 3 is 2.77 bits per heavy atom. The summed E-state index contributed by atoms with van der Waals surface area (Å²) in [6, 6.07) is 6.17. The quantitative estimate of drug-likeness (QED) is 0.458. The second kappa shape index (κ2) is 12.1. The van der Waals surface area contributed by atoms with Crippen molar-refractivity contribution in [2.45, 2.75) is 77.4 Å². The number of aliphatic hydroxyl groups is 1. The third-order valence-electron chi connectivity index (χ3n) is 7.52. The molecule has 2 aliphatic carbocycles. The number of aryl methyl sites for hydroxylation is 1. The van der Waals surface area contributed by atoms with Crippen LogP contribution < -0.4 is 5.32 Å². The van der Waals surface area contributed by atoms with Crippen LogP contribution in [0.4, 0.5) is 5.69 Å². The molecule has 5 heteroatoms. The Kier molecular flexibility index (Phi) is 8.91. The highest BCUT2D eigenvalue weighted by Gasteiger charge is 2.23. The number of benzene rings is 1. The second-order valence-electron chi connectivity index (χ2n) is 10.4. The van der Waals surface area contributed by atoms with Crippen molar-refractivity contribution < 1.29 is 9.90 Å². The van der Waals surface area contributed by atoms with Gasteiger partial charge < -0.3 is 15.3 Å². The Balaban J connectivity index is 1.55. The molecule has 1 saturated carbocycles. The Morgan fingerprint density at radius 1 is 1.17 bits per heavy atom. The summed E-state index contributed by atoms with van der Waals surface area (Å²) in [6.45, 7) is 5.31. The average Bonchev–Trinajstić information content (AvgIpc) is 2.88. The lowest BCUT2D eigenvalue weighted by Gasteiger charge is -2.35. The van der Waals surface area contributed by atoms with Crippen LogP contribution >= 0.6 is 11.6 Å². The van der Waals surface area contributed by atoms with Gasteiger partial charge in [-0.05, 0) is 73.8 Å². The van der Waals surface area contributed by atoms with Gasteiger partial charge in [0.2, 0.25) is 5.91 Å². The van der Waals surface area contributed by atoms with Gasteiger partial charge in [0.05, 0.1) is 6.10 Å². The number of rotatable bonds is 5. The van der Waals surface area contributed by atoms with Crippen molar-refractivity contribution in [3.8, 4) is 0 Å². The normalized spacial score (nSPS) is 28.2. The first-order valence-corrected chi connectivity index (χ1v) is 13.6. The third kappa shape index (κ3) is 7.11. The topological polar surface area (TPSA) is 52.6 Å². The second-order valence-corrected chi connectivity index (χ2v) is 10.9. The highest BCUT2D eigenvalue weighted by atomic mass is 35.5. The number of fused-ring (bicyclic) bond motifs is 1. The van der Waals surface area contributed by atoms with Crippen molar-refractivity contribution in [3.63, 3.8) is 0 Å². The molecule has 1 fully saturated rings. The molecule has 3 aliphatic rings. The molecule has 0 spiro atoms. The predicted octanol–water partition coefficient (Wildman–Crippen LogP) is 6.51. The van der Waals surface area contributed by atoms with Crippen LogP contribution in [0.1, 0.15) is 63.5 Å². The van der Waals surface area contributed by atoms with Gasteiger partial charge in [-0.3, -0.25) is 4.79 Å². The molecule has 1 heterocycles. The number of halogens is 1. The third-order valence-corrected chi connectivity index (χ3v) is 7.77. The van der Waals surface area contributed by atoms with Gasteiger partial charge in [-0.25, -0.2) is 0 Å². The number of anilines is 1. The monoisotopic (exact) mass is 494 g/mol. The molecule has 2 unspecified atom stereocenters. The number of allylic oxidation sites excluding steroid dienone is 5. The molecule has 188 valence electrons. The van der Waals surface area contributed by atoms with Crippen LogP contribution in [0.15, 0.2) is 65.4 Å². The number of hydrogen-bond acceptors (Lipinski definition) is 3. The summed E-state index contributed by atoms with van der Waals surface area (Å²) in [6.07, 6.45) is 20.4. The number of amides is 1. The molecule has 0 radical (unpaired) electrons. The van der Waals surface area contributed by atoms with Gasteiger partial charge in [0, 0.05) is 41.5 Å². The molecule has 0 saturated heterocycles. The molecular formula is C30H39ClN2O2. The molecule has 1 aromatic carbocycles. The van der Waals surface area contributed by atoms with Crippen LogP contribution in [-0.2, 0) is 17.6 Å². The van der Waals surface area contributed by atoms with Crippen molar-refractivity contribution in [2.75, 3.05) is 11.9 Å². The Bertz CT molecular complexity index is 1020. The molecule has 1 aromatic rings. The molecule has 4 rings (SSSR count). The number of aliphatic hydroxyl groups excluding tert-OH is 1. The molecule has 2 N–H and O–H groups in total. The smallest absolute Gasteiger partial charge is 0.248 e. The molecule has 0 aromatic heterocycles. The van der Waals surface area contributed by atoms with Crippen molar-refractivity contribution in [3.05, 3.63) is 76.5 Å².